The maximum Gasteiger partial charge on any atom is 0.312 e. The van der Waals surface area contributed by atoms with Gasteiger partial charge in [0.15, 0.2) is 0 Å². The Hall–Kier alpha value is -3.02. The molecule has 1 unspecified atom stereocenters. The number of carbonyl (C=O) groups is 2. The monoisotopic (exact) mass is 433 g/mol. The van der Waals surface area contributed by atoms with Crippen molar-refractivity contribution < 1.29 is 14.3 Å². The van der Waals surface area contributed by atoms with E-state index in [4.69, 9.17) is 10.5 Å². The number of benzene rings is 2. The van der Waals surface area contributed by atoms with E-state index < -0.39 is 12.1 Å². The summed E-state index contributed by atoms with van der Waals surface area (Å²) >= 11 is 0. The predicted molar refractivity (Wildman–Crippen MR) is 122 cm³/mol. The second-order valence-electron chi connectivity index (χ2n) is 10.00. The highest BCUT2D eigenvalue weighted by Gasteiger charge is 2.51. The van der Waals surface area contributed by atoms with E-state index in [1.54, 1.807) is 0 Å². The third-order valence-corrected chi connectivity index (χ3v) is 7.39. The Labute approximate surface area is 188 Å². The molecule has 6 heteroatoms. The van der Waals surface area contributed by atoms with E-state index >= 15 is 0 Å². The first-order valence-corrected chi connectivity index (χ1v) is 11.7. The summed E-state index contributed by atoms with van der Waals surface area (Å²) in [5.41, 5.74) is 6.18. The second-order valence-corrected chi connectivity index (χ2v) is 10.00. The van der Waals surface area contributed by atoms with Crippen molar-refractivity contribution in [3.63, 3.8) is 0 Å². The van der Waals surface area contributed by atoms with Gasteiger partial charge in [-0.15, -0.1) is 0 Å². The third-order valence-electron chi connectivity index (χ3n) is 7.39. The molecule has 3 amide bonds. The van der Waals surface area contributed by atoms with Crippen LogP contribution in [0.2, 0.25) is 0 Å². The summed E-state index contributed by atoms with van der Waals surface area (Å²) in [5, 5.41) is 6.14. The van der Waals surface area contributed by atoms with Gasteiger partial charge in [-0.25, -0.2) is 4.79 Å². The molecule has 0 aliphatic heterocycles. The van der Waals surface area contributed by atoms with E-state index in [-0.39, 0.29) is 17.9 Å². The van der Waals surface area contributed by atoms with E-state index in [0.29, 0.717) is 5.75 Å². The average Bonchev–Trinajstić information content (AvgIpc) is 2.72. The summed E-state index contributed by atoms with van der Waals surface area (Å²) in [5.74, 6) is 3.61. The number of amides is 3. The highest BCUT2D eigenvalue weighted by atomic mass is 16.5. The molecule has 0 heterocycles. The first-order valence-electron chi connectivity index (χ1n) is 11.7. The maximum absolute atomic E-state index is 13.1. The molecule has 0 saturated heterocycles. The molecule has 4 saturated carbocycles. The Balaban J connectivity index is 1.29. The van der Waals surface area contributed by atoms with Crippen LogP contribution in [0.15, 0.2) is 54.6 Å². The summed E-state index contributed by atoms with van der Waals surface area (Å²) in [7, 11) is 0. The first kappa shape index (κ1) is 20.9. The molecule has 4 aliphatic carbocycles. The normalized spacial score (nSPS) is 28.7. The van der Waals surface area contributed by atoms with E-state index in [1.165, 1.54) is 19.3 Å². The van der Waals surface area contributed by atoms with Crippen LogP contribution in [0.4, 0.5) is 4.79 Å². The van der Waals surface area contributed by atoms with Gasteiger partial charge in [0.05, 0.1) is 12.5 Å². The number of ether oxygens (including phenoxy) is 1. The van der Waals surface area contributed by atoms with Crippen LogP contribution >= 0.6 is 0 Å². The number of para-hydroxylation sites is 1. The fraction of sp³-hybridized carbons (Fsp3) is 0.462. The summed E-state index contributed by atoms with van der Waals surface area (Å²) < 4.78 is 5.93. The molecule has 4 N–H and O–H groups in total. The lowest BCUT2D eigenvalue weighted by molar-refractivity contribution is -0.127. The van der Waals surface area contributed by atoms with Crippen LogP contribution < -0.4 is 21.1 Å². The van der Waals surface area contributed by atoms with E-state index in [0.717, 1.165) is 48.3 Å². The Morgan fingerprint density at radius 1 is 0.938 bits per heavy atom. The molecule has 6 rings (SSSR count). The van der Waals surface area contributed by atoms with Gasteiger partial charge in [-0.3, -0.25) is 4.79 Å². The smallest absolute Gasteiger partial charge is 0.312 e. The third kappa shape index (κ3) is 4.59. The van der Waals surface area contributed by atoms with Gasteiger partial charge in [-0.05, 0) is 86.1 Å². The Bertz CT molecular complexity index is 956. The second kappa shape index (κ2) is 8.49. The van der Waals surface area contributed by atoms with Crippen LogP contribution in [0.1, 0.15) is 56.6 Å². The van der Waals surface area contributed by atoms with E-state index in [9.17, 15) is 9.59 Å². The lowest BCUT2D eigenvalue weighted by Crippen LogP contribution is -2.60. The lowest BCUT2D eigenvalue weighted by Gasteiger charge is -2.57. The molecule has 0 spiro atoms. The highest BCUT2D eigenvalue weighted by Crippen LogP contribution is 2.55. The maximum atomic E-state index is 13.1. The van der Waals surface area contributed by atoms with Crippen molar-refractivity contribution in [3.8, 4) is 11.5 Å². The molecule has 4 bridgehead atoms. The number of nitrogens with two attached hydrogens (primary N) is 1. The molecule has 4 fully saturated rings. The zero-order chi connectivity index (χ0) is 22.1. The highest BCUT2D eigenvalue weighted by molar-refractivity contribution is 5.79. The van der Waals surface area contributed by atoms with E-state index in [1.807, 2.05) is 54.6 Å². The lowest BCUT2D eigenvalue weighted by atomic mass is 9.53. The van der Waals surface area contributed by atoms with Crippen molar-refractivity contribution in [1.29, 1.82) is 0 Å². The Kier molecular flexibility index (Phi) is 5.53. The van der Waals surface area contributed by atoms with Gasteiger partial charge >= 0.3 is 6.03 Å². The Morgan fingerprint density at radius 3 is 2.19 bits per heavy atom. The number of primary amides is 1. The SMILES string of the molecule is NC(=O)NC(CC(=O)NC12CC3CC(CC(C3)C1)C2)c1cccc(Oc2ccccc2)c1. The molecule has 1 atom stereocenters. The zero-order valence-corrected chi connectivity index (χ0v) is 18.3. The summed E-state index contributed by atoms with van der Waals surface area (Å²) in [4.78, 5) is 24.8. The van der Waals surface area contributed by atoms with Gasteiger partial charge in [-0.1, -0.05) is 30.3 Å². The van der Waals surface area contributed by atoms with Crippen molar-refractivity contribution in [2.75, 3.05) is 0 Å². The van der Waals surface area contributed by atoms with Crippen molar-refractivity contribution in [2.45, 2.75) is 56.5 Å². The average molecular weight is 434 g/mol. The number of hydrogen-bond donors (Lipinski definition) is 3. The van der Waals surface area contributed by atoms with Gasteiger partial charge < -0.3 is 21.1 Å². The first-order chi connectivity index (χ1) is 15.5. The standard InChI is InChI=1S/C26H31N3O3/c27-25(31)28-23(20-5-4-8-22(12-20)32-21-6-2-1-3-7-21)13-24(30)29-26-14-17-9-18(15-26)11-19(10-17)16-26/h1-8,12,17-19,23H,9-11,13-16H2,(H,29,30)(H3,27,28,31). The summed E-state index contributed by atoms with van der Waals surface area (Å²) in [6, 6.07) is 15.8. The molecule has 0 radical (unpaired) electrons. The van der Waals surface area contributed by atoms with Crippen LogP contribution in [0.3, 0.4) is 0 Å². The van der Waals surface area contributed by atoms with Gasteiger partial charge in [0.2, 0.25) is 5.91 Å². The topological polar surface area (TPSA) is 93.5 Å². The van der Waals surface area contributed by atoms with Gasteiger partial charge in [0.25, 0.3) is 0 Å². The van der Waals surface area contributed by atoms with Gasteiger partial charge in [-0.2, -0.15) is 0 Å². The fourth-order valence-corrected chi connectivity index (χ4v) is 6.64. The van der Waals surface area contributed by atoms with Gasteiger partial charge in [0, 0.05) is 5.54 Å². The van der Waals surface area contributed by atoms with Crippen molar-refractivity contribution >= 4 is 11.9 Å². The van der Waals surface area contributed by atoms with Crippen LogP contribution in [-0.4, -0.2) is 17.5 Å². The molecular weight excluding hydrogens is 402 g/mol. The molecular formula is C26H31N3O3. The van der Waals surface area contributed by atoms with Crippen molar-refractivity contribution in [3.05, 3.63) is 60.2 Å². The van der Waals surface area contributed by atoms with Crippen LogP contribution in [0.5, 0.6) is 11.5 Å². The number of hydrogen-bond acceptors (Lipinski definition) is 3. The fourth-order valence-electron chi connectivity index (χ4n) is 6.64. The van der Waals surface area contributed by atoms with Crippen molar-refractivity contribution in [2.24, 2.45) is 23.5 Å². The number of rotatable bonds is 7. The number of urea groups is 1. The minimum Gasteiger partial charge on any atom is -0.457 e. The summed E-state index contributed by atoms with van der Waals surface area (Å²) in [6.45, 7) is 0. The summed E-state index contributed by atoms with van der Waals surface area (Å²) in [6.07, 6.45) is 7.43. The van der Waals surface area contributed by atoms with Crippen molar-refractivity contribution in [1.82, 2.24) is 10.6 Å². The van der Waals surface area contributed by atoms with Crippen LogP contribution in [-0.2, 0) is 4.79 Å². The quantitative estimate of drug-likeness (QED) is 0.593. The molecule has 0 aromatic heterocycles. The predicted octanol–water partition coefficient (Wildman–Crippen LogP) is 4.66. The molecule has 168 valence electrons. The zero-order valence-electron chi connectivity index (χ0n) is 18.3. The number of carbonyl (C=O) groups excluding carboxylic acids is 2. The number of nitrogens with one attached hydrogen (secondary N) is 2. The molecule has 2 aromatic rings. The Morgan fingerprint density at radius 2 is 1.56 bits per heavy atom. The minimum atomic E-state index is -0.646. The minimum absolute atomic E-state index is 0.0277. The molecule has 6 nitrogen and oxygen atoms in total. The molecule has 32 heavy (non-hydrogen) atoms. The van der Waals surface area contributed by atoms with Gasteiger partial charge in [0.1, 0.15) is 11.5 Å². The van der Waals surface area contributed by atoms with E-state index in [2.05, 4.69) is 10.6 Å². The van der Waals surface area contributed by atoms with Crippen LogP contribution in [0, 0.1) is 17.8 Å². The largest absolute Gasteiger partial charge is 0.457 e. The van der Waals surface area contributed by atoms with Crippen LogP contribution in [0.25, 0.3) is 0 Å². The molecule has 4 aliphatic rings. The molecule has 2 aromatic carbocycles.